The molecule has 73 heavy (non-hydrogen) atoms. The number of carbonyl (C=O) groups excluding carboxylic acids is 5. The molecular formula is C52H58Cl2N10O9. The van der Waals surface area contributed by atoms with E-state index in [9.17, 15) is 43.5 Å². The summed E-state index contributed by atoms with van der Waals surface area (Å²) in [6.07, 6.45) is 2.48. The molecule has 0 atom stereocenters. The number of nitrogens with one attached hydrogen (secondary N) is 3. The number of carboxylic acids is 1. The van der Waals surface area contributed by atoms with E-state index in [0.29, 0.717) is 48.2 Å². The van der Waals surface area contributed by atoms with Crippen LogP contribution in [0.2, 0.25) is 10.0 Å². The van der Waals surface area contributed by atoms with Crippen LogP contribution in [0.25, 0.3) is 22.1 Å². The van der Waals surface area contributed by atoms with Crippen LogP contribution in [0.15, 0.2) is 94.8 Å². The van der Waals surface area contributed by atoms with E-state index in [0.717, 1.165) is 28.4 Å². The van der Waals surface area contributed by atoms with Crippen LogP contribution < -0.4 is 32.8 Å². The molecule has 5 amide bonds. The van der Waals surface area contributed by atoms with Gasteiger partial charge < -0.3 is 36.6 Å². The van der Waals surface area contributed by atoms with Crippen LogP contribution in [0, 0.1) is 10.8 Å². The van der Waals surface area contributed by atoms with E-state index in [1.165, 1.54) is 29.0 Å². The van der Waals surface area contributed by atoms with E-state index in [2.05, 4.69) is 39.8 Å². The number of nitrogens with two attached hydrogens (primary N) is 1. The molecule has 2 aliphatic rings. The Balaban J connectivity index is 0.000000226. The summed E-state index contributed by atoms with van der Waals surface area (Å²) >= 11 is 11.8. The minimum Gasteiger partial charge on any atom is -0.478 e. The second-order valence-corrected chi connectivity index (χ2v) is 20.1. The van der Waals surface area contributed by atoms with Crippen LogP contribution in [0.1, 0.15) is 94.1 Å². The maximum absolute atomic E-state index is 13.4. The first kappa shape index (κ1) is 54.8. The van der Waals surface area contributed by atoms with Gasteiger partial charge in [0.15, 0.2) is 0 Å². The smallest absolute Gasteiger partial charge is 0.337 e. The topological polar surface area (TPSA) is 261 Å². The zero-order valence-corrected chi connectivity index (χ0v) is 42.9. The predicted molar refractivity (Wildman–Crippen MR) is 278 cm³/mol. The van der Waals surface area contributed by atoms with Gasteiger partial charge in [-0.25, -0.2) is 14.8 Å². The number of hydrogen-bond donors (Lipinski definition) is 5. The quantitative estimate of drug-likeness (QED) is 0.101. The van der Waals surface area contributed by atoms with Crippen molar-refractivity contribution in [3.63, 3.8) is 0 Å². The number of pyridine rings is 4. The summed E-state index contributed by atoms with van der Waals surface area (Å²) < 4.78 is 2.34. The third kappa shape index (κ3) is 13.7. The summed E-state index contributed by atoms with van der Waals surface area (Å²) in [4.78, 5) is 114. The van der Waals surface area contributed by atoms with Crippen molar-refractivity contribution in [2.75, 3.05) is 39.3 Å². The van der Waals surface area contributed by atoms with Gasteiger partial charge in [-0.15, -0.1) is 0 Å². The van der Waals surface area contributed by atoms with Crippen LogP contribution in [-0.2, 0) is 35.8 Å². The highest BCUT2D eigenvalue weighted by Crippen LogP contribution is 2.30. The van der Waals surface area contributed by atoms with E-state index in [-0.39, 0.29) is 93.7 Å². The summed E-state index contributed by atoms with van der Waals surface area (Å²) in [5.74, 6) is -3.26. The van der Waals surface area contributed by atoms with Crippen molar-refractivity contribution in [2.24, 2.45) is 16.6 Å². The SMILES string of the molecule is CC1(C)CN(C(=O)Cn2c(=O)c(C(=O)NCc3ccc(Cl)cc3)cc3cc(C(=O)O)cnc32)C1.CCN.CCNC(=O)c1cnc2c(c1)cc(C(=O)NCc1ccc(Cl)cc1)c(=O)n2CC(=O)N1CC(C)(C)C1. The van der Waals surface area contributed by atoms with E-state index in [1.54, 1.807) is 71.3 Å². The molecule has 21 heteroatoms. The number of carbonyl (C=O) groups is 6. The fourth-order valence-corrected chi connectivity index (χ4v) is 8.46. The summed E-state index contributed by atoms with van der Waals surface area (Å²) in [6.45, 7) is 15.2. The average Bonchev–Trinajstić information content (AvgIpc) is 3.33. The van der Waals surface area contributed by atoms with Crippen molar-refractivity contribution in [1.29, 1.82) is 0 Å². The third-order valence-corrected chi connectivity index (χ3v) is 12.2. The van der Waals surface area contributed by atoms with Gasteiger partial charge in [0.25, 0.3) is 28.8 Å². The third-order valence-electron chi connectivity index (χ3n) is 11.7. The summed E-state index contributed by atoms with van der Waals surface area (Å²) in [7, 11) is 0. The lowest BCUT2D eigenvalue weighted by Gasteiger charge is -2.45. The molecule has 0 bridgehead atoms. The van der Waals surface area contributed by atoms with Crippen molar-refractivity contribution in [3.8, 4) is 0 Å². The maximum atomic E-state index is 13.4. The number of amides is 5. The first-order valence-corrected chi connectivity index (χ1v) is 24.2. The predicted octanol–water partition coefficient (Wildman–Crippen LogP) is 5.11. The standard InChI is InChI=1S/C26H28ClN5O4.C24H23ClN4O5.C2H7N/c1-4-28-23(34)18-9-17-10-20(24(35)30-11-16-5-7-19(27)8-6-16)25(36)32(22(17)29-12-18)13-21(33)31-14-26(2,3)15-31;1-24(2)12-28(13-24)19(30)11-29-20-15(7-16(10-26-20)23(33)34)8-18(22(29)32)21(31)27-9-14-3-5-17(25)6-4-14;1-2-3/h5-10,12H,4,11,13-15H2,1-3H3,(H,28,34)(H,30,35);3-8,10H,9,11-13H2,1-2H3,(H,27,31)(H,33,34);2-3H2,1H3. The van der Waals surface area contributed by atoms with E-state index in [1.807, 2.05) is 20.8 Å². The monoisotopic (exact) mass is 1040 g/mol. The van der Waals surface area contributed by atoms with Gasteiger partial charge in [-0.1, -0.05) is 82.1 Å². The summed E-state index contributed by atoms with van der Waals surface area (Å²) in [5.41, 5.74) is 5.41. The number of carboxylic acid groups (broad SMARTS) is 1. The fraction of sp³-hybridized carbons (Fsp3) is 0.346. The first-order chi connectivity index (χ1) is 34.5. The number of benzene rings is 2. The Morgan fingerprint density at radius 2 is 0.973 bits per heavy atom. The number of halogens is 2. The molecular weight excluding hydrogens is 980 g/mol. The minimum absolute atomic E-state index is 0.0146. The van der Waals surface area contributed by atoms with E-state index >= 15 is 0 Å². The second-order valence-electron chi connectivity index (χ2n) is 19.2. The first-order valence-electron chi connectivity index (χ1n) is 23.4. The van der Waals surface area contributed by atoms with E-state index < -0.39 is 28.9 Å². The lowest BCUT2D eigenvalue weighted by atomic mass is 9.84. The van der Waals surface area contributed by atoms with Crippen molar-refractivity contribution < 1.29 is 33.9 Å². The number of aromatic nitrogens is 4. The molecule has 2 aliphatic heterocycles. The molecule has 2 saturated heterocycles. The van der Waals surface area contributed by atoms with Crippen LogP contribution in [0.3, 0.4) is 0 Å². The molecule has 4 aromatic heterocycles. The Morgan fingerprint density at radius 1 is 0.603 bits per heavy atom. The summed E-state index contributed by atoms with van der Waals surface area (Å²) in [5, 5.41) is 19.3. The van der Waals surface area contributed by atoms with Gasteiger partial charge >= 0.3 is 5.97 Å². The molecule has 6 aromatic rings. The molecule has 0 aliphatic carbocycles. The Bertz CT molecular complexity index is 3190. The Hall–Kier alpha value is -7.48. The van der Waals surface area contributed by atoms with Crippen molar-refractivity contribution in [1.82, 2.24) is 44.9 Å². The van der Waals surface area contributed by atoms with Gasteiger partial charge in [-0.05, 0) is 84.0 Å². The Labute approximate surface area is 430 Å². The Morgan fingerprint density at radius 3 is 1.33 bits per heavy atom. The van der Waals surface area contributed by atoms with Crippen molar-refractivity contribution >= 4 is 80.8 Å². The lowest BCUT2D eigenvalue weighted by Crippen LogP contribution is -2.56. The molecule has 0 saturated carbocycles. The number of fused-ring (bicyclic) bond motifs is 2. The molecule has 0 unspecified atom stereocenters. The normalized spacial score (nSPS) is 14.0. The molecule has 0 spiro atoms. The average molecular weight is 1040 g/mol. The van der Waals surface area contributed by atoms with Crippen molar-refractivity contribution in [2.45, 2.75) is 67.7 Å². The van der Waals surface area contributed by atoms with Gasteiger partial charge in [0.2, 0.25) is 11.8 Å². The maximum Gasteiger partial charge on any atom is 0.337 e. The number of aromatic carboxylic acids is 1. The molecule has 2 aromatic carbocycles. The molecule has 2 fully saturated rings. The zero-order valence-electron chi connectivity index (χ0n) is 41.4. The van der Waals surface area contributed by atoms with Crippen molar-refractivity contribution in [3.05, 3.63) is 149 Å². The highest BCUT2D eigenvalue weighted by Gasteiger charge is 2.38. The largest absolute Gasteiger partial charge is 0.478 e. The highest BCUT2D eigenvalue weighted by molar-refractivity contribution is 6.30. The van der Waals surface area contributed by atoms with Gasteiger partial charge in [-0.2, -0.15) is 0 Å². The van der Waals surface area contributed by atoms with Crippen LogP contribution >= 0.6 is 23.2 Å². The molecule has 19 nitrogen and oxygen atoms in total. The molecule has 6 N–H and O–H groups in total. The summed E-state index contributed by atoms with van der Waals surface area (Å²) in [6, 6.07) is 19.5. The number of rotatable bonds is 13. The van der Waals surface area contributed by atoms with Gasteiger partial charge in [-0.3, -0.25) is 42.7 Å². The second kappa shape index (κ2) is 23.4. The molecule has 6 heterocycles. The molecule has 8 rings (SSSR count). The lowest BCUT2D eigenvalue weighted by molar-refractivity contribution is -0.142. The number of nitrogens with zero attached hydrogens (tertiary/aromatic N) is 6. The minimum atomic E-state index is -1.19. The Kier molecular flexibility index (Phi) is 17.6. The van der Waals surface area contributed by atoms with Crippen LogP contribution in [0.4, 0.5) is 0 Å². The molecule has 384 valence electrons. The highest BCUT2D eigenvalue weighted by atomic mass is 35.5. The van der Waals surface area contributed by atoms with Crippen LogP contribution in [0.5, 0.6) is 0 Å². The number of hydrogen-bond acceptors (Lipinski definition) is 11. The van der Waals surface area contributed by atoms with Gasteiger partial charge in [0, 0.05) is 79.0 Å². The van der Waals surface area contributed by atoms with Crippen LogP contribution in [-0.4, -0.2) is 109 Å². The van der Waals surface area contributed by atoms with E-state index in [4.69, 9.17) is 28.9 Å². The molecule has 0 radical (unpaired) electrons. The van der Waals surface area contributed by atoms with Gasteiger partial charge in [0.05, 0.1) is 11.1 Å². The number of likely N-dealkylation sites (tertiary alicyclic amines) is 2. The zero-order chi connectivity index (χ0) is 53.4. The fourth-order valence-electron chi connectivity index (χ4n) is 8.21. The van der Waals surface area contributed by atoms with Gasteiger partial charge in [0.1, 0.15) is 35.5 Å².